The van der Waals surface area contributed by atoms with E-state index >= 15 is 0 Å². The number of amides is 1. The Balaban J connectivity index is 1.62. The van der Waals surface area contributed by atoms with E-state index < -0.39 is 0 Å². The third kappa shape index (κ3) is 4.57. The highest BCUT2D eigenvalue weighted by Gasteiger charge is 2.31. The maximum Gasteiger partial charge on any atom is 0.233 e. The van der Waals surface area contributed by atoms with Crippen LogP contribution in [-0.2, 0) is 17.6 Å². The van der Waals surface area contributed by atoms with Crippen LogP contribution < -0.4 is 5.32 Å². The lowest BCUT2D eigenvalue weighted by molar-refractivity contribution is -0.128. The average Bonchev–Trinajstić information content (AvgIpc) is 3.39. The average molecular weight is 391 g/mol. The third-order valence-electron chi connectivity index (χ3n) is 4.61. The van der Waals surface area contributed by atoms with Gasteiger partial charge in [-0.25, -0.2) is 0 Å². The van der Waals surface area contributed by atoms with Crippen molar-refractivity contribution in [3.8, 4) is 0 Å². The zero-order valence-electron chi connectivity index (χ0n) is 15.6. The minimum atomic E-state index is 0.203. The van der Waals surface area contributed by atoms with E-state index in [1.165, 1.54) is 34.2 Å². The summed E-state index contributed by atoms with van der Waals surface area (Å²) in [5.41, 5.74) is 3.71. The van der Waals surface area contributed by atoms with Gasteiger partial charge < -0.3 is 10.2 Å². The third-order valence-corrected chi connectivity index (χ3v) is 6.56. The lowest BCUT2D eigenvalue weighted by Crippen LogP contribution is -2.34. The normalized spacial score (nSPS) is 13.7. The molecule has 2 aromatic rings. The van der Waals surface area contributed by atoms with Crippen LogP contribution in [-0.4, -0.2) is 39.3 Å². The van der Waals surface area contributed by atoms with Crippen LogP contribution in [0.25, 0.3) is 0 Å². The van der Waals surface area contributed by atoms with E-state index in [2.05, 4.69) is 47.6 Å². The van der Waals surface area contributed by atoms with Crippen LogP contribution in [0.5, 0.6) is 0 Å². The van der Waals surface area contributed by atoms with Gasteiger partial charge in [0.25, 0.3) is 0 Å². The van der Waals surface area contributed by atoms with Gasteiger partial charge in [-0.1, -0.05) is 55.1 Å². The minimum absolute atomic E-state index is 0.203. The quantitative estimate of drug-likeness (QED) is 0.639. The Labute approximate surface area is 163 Å². The molecule has 140 valence electrons. The summed E-state index contributed by atoms with van der Waals surface area (Å²) >= 11 is 2.99. The van der Waals surface area contributed by atoms with Crippen molar-refractivity contribution in [1.82, 2.24) is 15.1 Å². The lowest BCUT2D eigenvalue weighted by Gasteiger charge is -2.19. The molecule has 0 unspecified atom stereocenters. The Bertz CT molecular complexity index is 735. The van der Waals surface area contributed by atoms with Crippen molar-refractivity contribution in [3.05, 3.63) is 29.3 Å². The van der Waals surface area contributed by atoms with Crippen molar-refractivity contribution < 1.29 is 4.79 Å². The number of benzene rings is 1. The molecule has 1 amide bonds. The molecule has 0 saturated heterocycles. The SMILES string of the molecule is CCc1cccc(CC)c1Nc1nnc(SCC(=O)N(CC)C2CC2)s1. The molecular weight excluding hydrogens is 364 g/mol. The zero-order valence-corrected chi connectivity index (χ0v) is 17.3. The van der Waals surface area contributed by atoms with Gasteiger partial charge in [-0.05, 0) is 43.7 Å². The van der Waals surface area contributed by atoms with Crippen molar-refractivity contribution in [2.45, 2.75) is 56.8 Å². The number of carbonyl (C=O) groups is 1. The number of carbonyl (C=O) groups excluding carboxylic acids is 1. The Morgan fingerprint density at radius 3 is 2.50 bits per heavy atom. The molecule has 1 N–H and O–H groups in total. The number of hydrogen-bond acceptors (Lipinski definition) is 6. The molecule has 0 spiro atoms. The first kappa shape index (κ1) is 19.2. The zero-order chi connectivity index (χ0) is 18.5. The monoisotopic (exact) mass is 390 g/mol. The van der Waals surface area contributed by atoms with Crippen molar-refractivity contribution >= 4 is 39.8 Å². The minimum Gasteiger partial charge on any atom is -0.339 e. The van der Waals surface area contributed by atoms with Crippen LogP contribution in [0.15, 0.2) is 22.5 Å². The van der Waals surface area contributed by atoms with Crippen LogP contribution in [0.3, 0.4) is 0 Å². The molecule has 0 radical (unpaired) electrons. The Hall–Kier alpha value is -1.60. The summed E-state index contributed by atoms with van der Waals surface area (Å²) in [5.74, 6) is 0.638. The van der Waals surface area contributed by atoms with E-state index in [1.54, 1.807) is 0 Å². The molecule has 1 fully saturated rings. The van der Waals surface area contributed by atoms with Gasteiger partial charge in [0.15, 0.2) is 4.34 Å². The number of nitrogens with zero attached hydrogens (tertiary/aromatic N) is 3. The molecule has 3 rings (SSSR count). The number of anilines is 2. The van der Waals surface area contributed by atoms with Gasteiger partial charge in [0.05, 0.1) is 5.75 Å². The lowest BCUT2D eigenvalue weighted by atomic mass is 10.0. The molecule has 0 bridgehead atoms. The largest absolute Gasteiger partial charge is 0.339 e. The molecule has 1 aliphatic rings. The highest BCUT2D eigenvalue weighted by Crippen LogP contribution is 2.32. The fourth-order valence-electron chi connectivity index (χ4n) is 3.06. The van der Waals surface area contributed by atoms with E-state index in [1.807, 2.05) is 11.8 Å². The summed E-state index contributed by atoms with van der Waals surface area (Å²) in [6, 6.07) is 6.87. The van der Waals surface area contributed by atoms with Crippen LogP contribution in [0, 0.1) is 0 Å². The maximum atomic E-state index is 12.3. The summed E-state index contributed by atoms with van der Waals surface area (Å²) in [7, 11) is 0. The fraction of sp³-hybridized carbons (Fsp3) is 0.526. The van der Waals surface area contributed by atoms with Gasteiger partial charge in [0, 0.05) is 18.3 Å². The summed E-state index contributed by atoms with van der Waals surface area (Å²) < 4.78 is 0.833. The molecule has 0 aliphatic heterocycles. The molecule has 7 heteroatoms. The molecule has 5 nitrogen and oxygen atoms in total. The molecule has 1 aromatic heterocycles. The van der Waals surface area contributed by atoms with Crippen LogP contribution in [0.4, 0.5) is 10.8 Å². The second kappa shape index (κ2) is 8.86. The van der Waals surface area contributed by atoms with Gasteiger partial charge in [-0.2, -0.15) is 0 Å². The maximum absolute atomic E-state index is 12.3. The van der Waals surface area contributed by atoms with Crippen LogP contribution in [0.1, 0.15) is 44.7 Å². The first-order valence-electron chi connectivity index (χ1n) is 9.29. The smallest absolute Gasteiger partial charge is 0.233 e. The number of aryl methyl sites for hydroxylation is 2. The van der Waals surface area contributed by atoms with Gasteiger partial charge >= 0.3 is 0 Å². The van der Waals surface area contributed by atoms with Crippen molar-refractivity contribution in [1.29, 1.82) is 0 Å². The number of rotatable bonds is 9. The van der Waals surface area contributed by atoms with E-state index in [0.717, 1.165) is 47.4 Å². The molecule has 1 saturated carbocycles. The van der Waals surface area contributed by atoms with E-state index in [4.69, 9.17) is 0 Å². The molecule has 1 aliphatic carbocycles. The second-order valence-corrected chi connectivity index (χ2v) is 8.56. The van der Waals surface area contributed by atoms with E-state index in [-0.39, 0.29) is 5.91 Å². The summed E-state index contributed by atoms with van der Waals surface area (Å²) in [5, 5.41) is 12.7. The summed E-state index contributed by atoms with van der Waals surface area (Å²) in [6.07, 6.45) is 4.24. The second-order valence-electron chi connectivity index (χ2n) is 6.36. The van der Waals surface area contributed by atoms with Gasteiger partial charge in [-0.3, -0.25) is 4.79 Å². The number of aromatic nitrogens is 2. The first-order chi connectivity index (χ1) is 12.7. The Kier molecular flexibility index (Phi) is 6.53. The predicted octanol–water partition coefficient (Wildman–Crippen LogP) is 4.51. The Morgan fingerprint density at radius 2 is 1.92 bits per heavy atom. The molecule has 26 heavy (non-hydrogen) atoms. The molecule has 1 aromatic carbocycles. The standard InChI is InChI=1S/C19H26N4OS2/c1-4-13-8-7-9-14(5-2)17(13)20-18-21-22-19(26-18)25-12-16(24)23(6-3)15-10-11-15/h7-9,15H,4-6,10-12H2,1-3H3,(H,20,21). The molecule has 0 atom stereocenters. The van der Waals surface area contributed by atoms with Gasteiger partial charge in [0.1, 0.15) is 0 Å². The van der Waals surface area contributed by atoms with Crippen LogP contribution in [0.2, 0.25) is 0 Å². The summed E-state index contributed by atoms with van der Waals surface area (Å²) in [6.45, 7) is 7.16. The van der Waals surface area contributed by atoms with Crippen molar-refractivity contribution in [2.24, 2.45) is 0 Å². The van der Waals surface area contributed by atoms with E-state index in [9.17, 15) is 4.79 Å². The molecule has 1 heterocycles. The highest BCUT2D eigenvalue weighted by molar-refractivity contribution is 8.01. The van der Waals surface area contributed by atoms with Crippen molar-refractivity contribution in [2.75, 3.05) is 17.6 Å². The number of para-hydroxylation sites is 1. The number of hydrogen-bond donors (Lipinski definition) is 1. The van der Waals surface area contributed by atoms with Gasteiger partial charge in [-0.15, -0.1) is 10.2 Å². The van der Waals surface area contributed by atoms with E-state index in [0.29, 0.717) is 11.8 Å². The molecular formula is C19H26N4OS2. The number of nitrogens with one attached hydrogen (secondary N) is 1. The summed E-state index contributed by atoms with van der Waals surface area (Å²) in [4.78, 5) is 14.3. The van der Waals surface area contributed by atoms with Gasteiger partial charge in [0.2, 0.25) is 11.0 Å². The highest BCUT2D eigenvalue weighted by atomic mass is 32.2. The Morgan fingerprint density at radius 1 is 1.23 bits per heavy atom. The fourth-order valence-corrected chi connectivity index (χ4v) is 4.70. The van der Waals surface area contributed by atoms with Crippen LogP contribution >= 0.6 is 23.1 Å². The first-order valence-corrected chi connectivity index (χ1v) is 11.1. The topological polar surface area (TPSA) is 58.1 Å². The predicted molar refractivity (Wildman–Crippen MR) is 110 cm³/mol. The number of thioether (sulfide) groups is 1. The van der Waals surface area contributed by atoms with Crippen molar-refractivity contribution in [3.63, 3.8) is 0 Å².